The van der Waals surface area contributed by atoms with E-state index in [1.807, 2.05) is 42.5 Å². The topological polar surface area (TPSA) is 36.9 Å². The third kappa shape index (κ3) is 5.78. The maximum Gasteiger partial charge on any atom is 0.123 e. The molecule has 130 valence electrons. The van der Waals surface area contributed by atoms with E-state index in [0.717, 1.165) is 17.2 Å². The van der Waals surface area contributed by atoms with E-state index in [9.17, 15) is 0 Å². The fourth-order valence-electron chi connectivity index (χ4n) is 2.31. The second-order valence-electron chi connectivity index (χ2n) is 5.68. The van der Waals surface area contributed by atoms with Gasteiger partial charge in [-0.3, -0.25) is 0 Å². The van der Waals surface area contributed by atoms with E-state index >= 15 is 0 Å². The van der Waals surface area contributed by atoms with E-state index in [1.54, 1.807) is 7.11 Å². The molecular weight excluding hydrogens is 304 g/mol. The highest BCUT2D eigenvalue weighted by atomic mass is 16.5. The Morgan fingerprint density at radius 2 is 1.50 bits per heavy atom. The average Bonchev–Trinajstić information content (AvgIpc) is 2.61. The standard InChI is InChI=1S/C20H26O4/c1-16(2)19-9-4-5-10-20(19)24-14-12-22-11-13-23-18-8-6-7-17(15-18)21-3/h4-10,15-16H,11-14H2,1-3H3. The molecule has 0 aliphatic carbocycles. The summed E-state index contributed by atoms with van der Waals surface area (Å²) in [6.45, 7) is 6.40. The van der Waals surface area contributed by atoms with Crippen LogP contribution in [0.15, 0.2) is 48.5 Å². The summed E-state index contributed by atoms with van der Waals surface area (Å²) in [5.41, 5.74) is 1.22. The normalized spacial score (nSPS) is 10.7. The quantitative estimate of drug-likeness (QED) is 0.609. The van der Waals surface area contributed by atoms with Gasteiger partial charge in [0.15, 0.2) is 0 Å². The van der Waals surface area contributed by atoms with Gasteiger partial charge in [0.1, 0.15) is 30.5 Å². The van der Waals surface area contributed by atoms with Gasteiger partial charge in [0.05, 0.1) is 20.3 Å². The van der Waals surface area contributed by atoms with Crippen LogP contribution in [-0.4, -0.2) is 33.5 Å². The van der Waals surface area contributed by atoms with E-state index < -0.39 is 0 Å². The third-order valence-electron chi connectivity index (χ3n) is 3.56. The van der Waals surface area contributed by atoms with Gasteiger partial charge in [0.2, 0.25) is 0 Å². The van der Waals surface area contributed by atoms with Gasteiger partial charge in [-0.15, -0.1) is 0 Å². The lowest BCUT2D eigenvalue weighted by Gasteiger charge is -2.14. The van der Waals surface area contributed by atoms with E-state index in [4.69, 9.17) is 18.9 Å². The molecule has 0 N–H and O–H groups in total. The zero-order valence-corrected chi connectivity index (χ0v) is 14.7. The van der Waals surface area contributed by atoms with Gasteiger partial charge in [-0.25, -0.2) is 0 Å². The van der Waals surface area contributed by atoms with Crippen molar-refractivity contribution in [2.45, 2.75) is 19.8 Å². The first-order chi connectivity index (χ1) is 11.7. The van der Waals surface area contributed by atoms with Crippen molar-refractivity contribution in [3.05, 3.63) is 54.1 Å². The summed E-state index contributed by atoms with van der Waals surface area (Å²) in [4.78, 5) is 0. The van der Waals surface area contributed by atoms with E-state index in [0.29, 0.717) is 32.3 Å². The third-order valence-corrected chi connectivity index (χ3v) is 3.56. The van der Waals surface area contributed by atoms with Gasteiger partial charge in [-0.05, 0) is 29.7 Å². The van der Waals surface area contributed by atoms with Gasteiger partial charge in [-0.2, -0.15) is 0 Å². The van der Waals surface area contributed by atoms with E-state index in [1.165, 1.54) is 5.56 Å². The first-order valence-electron chi connectivity index (χ1n) is 8.27. The molecule has 4 nitrogen and oxygen atoms in total. The molecule has 2 rings (SSSR count). The Labute approximate surface area is 144 Å². The predicted octanol–water partition coefficient (Wildman–Crippen LogP) is 4.29. The molecule has 0 fully saturated rings. The summed E-state index contributed by atoms with van der Waals surface area (Å²) >= 11 is 0. The molecule has 0 bridgehead atoms. The second-order valence-corrected chi connectivity index (χ2v) is 5.68. The van der Waals surface area contributed by atoms with Crippen LogP contribution >= 0.6 is 0 Å². The van der Waals surface area contributed by atoms with Crippen LogP contribution < -0.4 is 14.2 Å². The summed E-state index contributed by atoms with van der Waals surface area (Å²) in [5.74, 6) is 2.94. The molecule has 0 heterocycles. The van der Waals surface area contributed by atoms with Crippen LogP contribution in [0.25, 0.3) is 0 Å². The summed E-state index contributed by atoms with van der Waals surface area (Å²) < 4.78 is 22.1. The Bertz CT molecular complexity index is 610. The fraction of sp³-hybridized carbons (Fsp3) is 0.400. The highest BCUT2D eigenvalue weighted by molar-refractivity contribution is 5.35. The van der Waals surface area contributed by atoms with E-state index in [2.05, 4.69) is 19.9 Å². The van der Waals surface area contributed by atoms with Crippen molar-refractivity contribution in [2.75, 3.05) is 33.5 Å². The maximum absolute atomic E-state index is 5.81. The zero-order valence-electron chi connectivity index (χ0n) is 14.7. The minimum absolute atomic E-state index is 0.443. The van der Waals surface area contributed by atoms with Crippen LogP contribution in [0, 0.1) is 0 Å². The van der Waals surface area contributed by atoms with Crippen LogP contribution in [0.4, 0.5) is 0 Å². The lowest BCUT2D eigenvalue weighted by molar-refractivity contribution is 0.0761. The van der Waals surface area contributed by atoms with Crippen LogP contribution in [0.2, 0.25) is 0 Å². The van der Waals surface area contributed by atoms with Gasteiger partial charge < -0.3 is 18.9 Å². The highest BCUT2D eigenvalue weighted by Gasteiger charge is 2.06. The second kappa shape index (κ2) is 9.83. The minimum Gasteiger partial charge on any atom is -0.497 e. The predicted molar refractivity (Wildman–Crippen MR) is 95.3 cm³/mol. The summed E-state index contributed by atoms with van der Waals surface area (Å²) in [5, 5.41) is 0. The number of benzene rings is 2. The van der Waals surface area contributed by atoms with Crippen molar-refractivity contribution >= 4 is 0 Å². The van der Waals surface area contributed by atoms with E-state index in [-0.39, 0.29) is 0 Å². The fourth-order valence-corrected chi connectivity index (χ4v) is 2.31. The zero-order chi connectivity index (χ0) is 17.2. The summed E-state index contributed by atoms with van der Waals surface area (Å²) in [6, 6.07) is 15.7. The van der Waals surface area contributed by atoms with Crippen LogP contribution in [0.3, 0.4) is 0 Å². The monoisotopic (exact) mass is 330 g/mol. The SMILES string of the molecule is COc1cccc(OCCOCCOc2ccccc2C(C)C)c1. The summed E-state index contributed by atoms with van der Waals surface area (Å²) in [7, 11) is 1.64. The number of para-hydroxylation sites is 1. The molecule has 0 saturated carbocycles. The largest absolute Gasteiger partial charge is 0.497 e. The van der Waals surface area contributed by atoms with Crippen molar-refractivity contribution in [2.24, 2.45) is 0 Å². The van der Waals surface area contributed by atoms with Gasteiger partial charge in [0.25, 0.3) is 0 Å². The van der Waals surface area contributed by atoms with Gasteiger partial charge in [-0.1, -0.05) is 38.1 Å². The minimum atomic E-state index is 0.443. The van der Waals surface area contributed by atoms with Crippen LogP contribution in [0.5, 0.6) is 17.2 Å². The Hall–Kier alpha value is -2.20. The van der Waals surface area contributed by atoms with Crippen molar-refractivity contribution < 1.29 is 18.9 Å². The molecule has 2 aromatic rings. The van der Waals surface area contributed by atoms with Crippen molar-refractivity contribution in [3.8, 4) is 17.2 Å². The smallest absolute Gasteiger partial charge is 0.123 e. The molecule has 0 atom stereocenters. The molecule has 0 aliphatic heterocycles. The van der Waals surface area contributed by atoms with Crippen molar-refractivity contribution in [1.29, 1.82) is 0 Å². The maximum atomic E-state index is 5.81. The average molecular weight is 330 g/mol. The van der Waals surface area contributed by atoms with Gasteiger partial charge in [0, 0.05) is 6.07 Å². The molecule has 0 aromatic heterocycles. The molecule has 0 radical (unpaired) electrons. The number of methoxy groups -OCH3 is 1. The first kappa shape index (κ1) is 18.1. The first-order valence-corrected chi connectivity index (χ1v) is 8.27. The van der Waals surface area contributed by atoms with Crippen LogP contribution in [0.1, 0.15) is 25.3 Å². The lowest BCUT2D eigenvalue weighted by Crippen LogP contribution is -2.12. The number of hydrogen-bond donors (Lipinski definition) is 0. The lowest BCUT2D eigenvalue weighted by atomic mass is 10.0. The highest BCUT2D eigenvalue weighted by Crippen LogP contribution is 2.25. The molecular formula is C20H26O4. The summed E-state index contributed by atoms with van der Waals surface area (Å²) in [6.07, 6.45) is 0. The number of ether oxygens (including phenoxy) is 4. The molecule has 4 heteroatoms. The van der Waals surface area contributed by atoms with Crippen molar-refractivity contribution in [3.63, 3.8) is 0 Å². The number of hydrogen-bond acceptors (Lipinski definition) is 4. The molecule has 0 unspecified atom stereocenters. The molecule has 0 spiro atoms. The Morgan fingerprint density at radius 3 is 2.25 bits per heavy atom. The molecule has 0 amide bonds. The van der Waals surface area contributed by atoms with Crippen LogP contribution in [-0.2, 0) is 4.74 Å². The Kier molecular flexibility index (Phi) is 7.43. The molecule has 0 aliphatic rings. The Balaban J connectivity index is 1.62. The molecule has 0 saturated heterocycles. The molecule has 24 heavy (non-hydrogen) atoms. The molecule has 2 aromatic carbocycles. The van der Waals surface area contributed by atoms with Crippen molar-refractivity contribution in [1.82, 2.24) is 0 Å². The Morgan fingerprint density at radius 1 is 0.792 bits per heavy atom. The van der Waals surface area contributed by atoms with Gasteiger partial charge >= 0.3 is 0 Å². The number of rotatable bonds is 10.